The third kappa shape index (κ3) is 4.65. The lowest BCUT2D eigenvalue weighted by molar-refractivity contribution is 0.0948. The summed E-state index contributed by atoms with van der Waals surface area (Å²) in [6.07, 6.45) is 2.98. The molecule has 1 unspecified atom stereocenters. The molecule has 21 heavy (non-hydrogen) atoms. The highest BCUT2D eigenvalue weighted by molar-refractivity contribution is 5.96. The van der Waals surface area contributed by atoms with E-state index >= 15 is 0 Å². The first-order valence-corrected chi connectivity index (χ1v) is 8.12. The maximum absolute atomic E-state index is 12.3. The summed E-state index contributed by atoms with van der Waals surface area (Å²) in [6, 6.07) is 8.52. The average Bonchev–Trinajstić information content (AvgIpc) is 2.65. The Labute approximate surface area is 128 Å². The molecule has 116 valence electrons. The minimum atomic E-state index is 0.270. The van der Waals surface area contributed by atoms with Crippen molar-refractivity contribution >= 4 is 5.78 Å². The summed E-state index contributed by atoms with van der Waals surface area (Å²) in [5.41, 5.74) is 2.01. The second-order valence-corrected chi connectivity index (χ2v) is 6.26. The summed E-state index contributed by atoms with van der Waals surface area (Å²) < 4.78 is 0. The van der Waals surface area contributed by atoms with Gasteiger partial charge in [-0.05, 0) is 46.0 Å². The van der Waals surface area contributed by atoms with Gasteiger partial charge in [0.1, 0.15) is 0 Å². The normalized spacial score (nSPS) is 21.2. The summed E-state index contributed by atoms with van der Waals surface area (Å²) in [7, 11) is 2.20. The van der Waals surface area contributed by atoms with Crippen LogP contribution in [0.25, 0.3) is 0 Å². The molecular weight excluding hydrogens is 260 g/mol. The predicted molar refractivity (Wildman–Crippen MR) is 87.9 cm³/mol. The van der Waals surface area contributed by atoms with Crippen molar-refractivity contribution in [2.24, 2.45) is 0 Å². The molecule has 1 aromatic rings. The zero-order chi connectivity index (χ0) is 15.2. The van der Waals surface area contributed by atoms with Crippen molar-refractivity contribution in [2.45, 2.75) is 39.2 Å². The summed E-state index contributed by atoms with van der Waals surface area (Å²) in [5, 5.41) is 0. The summed E-state index contributed by atoms with van der Waals surface area (Å²) >= 11 is 0. The molecule has 0 aromatic heterocycles. The lowest BCUT2D eigenvalue weighted by atomic mass is 10.0. The van der Waals surface area contributed by atoms with Crippen LogP contribution >= 0.6 is 0 Å². The molecule has 2 rings (SSSR count). The third-order valence-electron chi connectivity index (χ3n) is 4.46. The molecule has 1 aliphatic rings. The molecule has 1 saturated heterocycles. The molecule has 0 radical (unpaired) electrons. The van der Waals surface area contributed by atoms with Gasteiger partial charge in [-0.2, -0.15) is 0 Å². The molecule has 1 aliphatic heterocycles. The van der Waals surface area contributed by atoms with Crippen molar-refractivity contribution in [2.75, 3.05) is 33.2 Å². The minimum absolute atomic E-state index is 0.270. The number of ketones is 1. The van der Waals surface area contributed by atoms with Crippen molar-refractivity contribution < 1.29 is 4.79 Å². The number of aryl methyl sites for hydroxylation is 1. The third-order valence-corrected chi connectivity index (χ3v) is 4.46. The van der Waals surface area contributed by atoms with Gasteiger partial charge in [-0.1, -0.05) is 30.7 Å². The molecule has 0 spiro atoms. The number of likely N-dealkylation sites (N-methyl/N-ethyl adjacent to an activating group) is 1. The van der Waals surface area contributed by atoms with Crippen molar-refractivity contribution in [3.8, 4) is 0 Å². The second kappa shape index (κ2) is 7.71. The van der Waals surface area contributed by atoms with Gasteiger partial charge in [-0.25, -0.2) is 0 Å². The van der Waals surface area contributed by atoms with Gasteiger partial charge in [-0.3, -0.25) is 9.69 Å². The fraction of sp³-hybridized carbons (Fsp3) is 0.611. The van der Waals surface area contributed by atoms with E-state index in [0.29, 0.717) is 12.5 Å². The molecule has 3 heteroatoms. The zero-order valence-electron chi connectivity index (χ0n) is 13.6. The van der Waals surface area contributed by atoms with Crippen LogP contribution in [0.2, 0.25) is 0 Å². The largest absolute Gasteiger partial charge is 0.305 e. The van der Waals surface area contributed by atoms with Gasteiger partial charge in [0.2, 0.25) is 0 Å². The Morgan fingerprint density at radius 1 is 1.33 bits per heavy atom. The molecule has 0 aliphatic carbocycles. The van der Waals surface area contributed by atoms with Crippen LogP contribution in [-0.4, -0.2) is 54.9 Å². The van der Waals surface area contributed by atoms with Crippen LogP contribution in [0.15, 0.2) is 24.3 Å². The topological polar surface area (TPSA) is 23.6 Å². The maximum atomic E-state index is 12.3. The van der Waals surface area contributed by atoms with Gasteiger partial charge in [0, 0.05) is 31.1 Å². The Morgan fingerprint density at radius 2 is 2.14 bits per heavy atom. The molecule has 0 N–H and O–H groups in total. The Kier molecular flexibility index (Phi) is 5.95. The zero-order valence-corrected chi connectivity index (χ0v) is 13.6. The standard InChI is InChI=1S/C18H28N2O/c1-4-17-14-19(3)10-6-11-20(17)12-9-18(21)16-8-5-7-15(2)13-16/h5,7-8,13,17H,4,6,9-12,14H2,1-3H3. The van der Waals surface area contributed by atoms with Gasteiger partial charge in [0.05, 0.1) is 0 Å². The predicted octanol–water partition coefficient (Wildman–Crippen LogP) is 2.98. The summed E-state index contributed by atoms with van der Waals surface area (Å²) in [4.78, 5) is 17.3. The lowest BCUT2D eigenvalue weighted by Gasteiger charge is -2.29. The van der Waals surface area contributed by atoms with E-state index in [2.05, 4.69) is 23.8 Å². The maximum Gasteiger partial charge on any atom is 0.164 e. The lowest BCUT2D eigenvalue weighted by Crippen LogP contribution is -2.40. The monoisotopic (exact) mass is 288 g/mol. The van der Waals surface area contributed by atoms with Crippen LogP contribution < -0.4 is 0 Å². The molecular formula is C18H28N2O. The van der Waals surface area contributed by atoms with Gasteiger partial charge in [0.25, 0.3) is 0 Å². The van der Waals surface area contributed by atoms with E-state index < -0.39 is 0 Å². The summed E-state index contributed by atoms with van der Waals surface area (Å²) in [6.45, 7) is 8.57. The number of hydrogen-bond donors (Lipinski definition) is 0. The summed E-state index contributed by atoms with van der Waals surface area (Å²) in [5.74, 6) is 0.270. The number of hydrogen-bond acceptors (Lipinski definition) is 3. The van der Waals surface area contributed by atoms with E-state index in [9.17, 15) is 4.79 Å². The van der Waals surface area contributed by atoms with Crippen LogP contribution in [0.4, 0.5) is 0 Å². The number of rotatable bonds is 5. The first kappa shape index (κ1) is 16.2. The van der Waals surface area contributed by atoms with Gasteiger partial charge in [-0.15, -0.1) is 0 Å². The van der Waals surface area contributed by atoms with Gasteiger partial charge < -0.3 is 4.90 Å². The smallest absolute Gasteiger partial charge is 0.164 e. The van der Waals surface area contributed by atoms with Crippen molar-refractivity contribution in [3.05, 3.63) is 35.4 Å². The minimum Gasteiger partial charge on any atom is -0.305 e. The number of Topliss-reactive ketones (excluding diaryl/α,β-unsaturated/α-hetero) is 1. The highest BCUT2D eigenvalue weighted by Gasteiger charge is 2.22. The van der Waals surface area contributed by atoms with E-state index in [1.54, 1.807) is 0 Å². The second-order valence-electron chi connectivity index (χ2n) is 6.26. The van der Waals surface area contributed by atoms with Crippen molar-refractivity contribution in [1.29, 1.82) is 0 Å². The SMILES string of the molecule is CCC1CN(C)CCCN1CCC(=O)c1cccc(C)c1. The van der Waals surface area contributed by atoms with E-state index in [4.69, 9.17) is 0 Å². The molecule has 3 nitrogen and oxygen atoms in total. The van der Waals surface area contributed by atoms with E-state index in [1.807, 2.05) is 31.2 Å². The van der Waals surface area contributed by atoms with Crippen LogP contribution in [0.5, 0.6) is 0 Å². The fourth-order valence-corrected chi connectivity index (χ4v) is 3.18. The van der Waals surface area contributed by atoms with Crippen LogP contribution in [0, 0.1) is 6.92 Å². The Balaban J connectivity index is 1.93. The fourth-order valence-electron chi connectivity index (χ4n) is 3.18. The highest BCUT2D eigenvalue weighted by Crippen LogP contribution is 2.14. The molecule has 1 aromatic carbocycles. The average molecular weight is 288 g/mol. The van der Waals surface area contributed by atoms with Gasteiger partial charge in [0.15, 0.2) is 5.78 Å². The first-order chi connectivity index (χ1) is 10.1. The molecule has 0 bridgehead atoms. The van der Waals surface area contributed by atoms with Crippen LogP contribution in [0.1, 0.15) is 42.1 Å². The Hall–Kier alpha value is -1.19. The molecule has 1 fully saturated rings. The number of carbonyl (C=O) groups excluding carboxylic acids is 1. The van der Waals surface area contributed by atoms with E-state index in [0.717, 1.165) is 37.2 Å². The van der Waals surface area contributed by atoms with Crippen molar-refractivity contribution in [1.82, 2.24) is 9.80 Å². The van der Waals surface area contributed by atoms with Gasteiger partial charge >= 0.3 is 0 Å². The quantitative estimate of drug-likeness (QED) is 0.778. The van der Waals surface area contributed by atoms with Crippen LogP contribution in [0.3, 0.4) is 0 Å². The first-order valence-electron chi connectivity index (χ1n) is 8.12. The van der Waals surface area contributed by atoms with E-state index in [-0.39, 0.29) is 5.78 Å². The van der Waals surface area contributed by atoms with E-state index in [1.165, 1.54) is 13.0 Å². The molecule has 0 saturated carbocycles. The number of benzene rings is 1. The number of nitrogens with zero attached hydrogens (tertiary/aromatic N) is 2. The Morgan fingerprint density at radius 3 is 2.86 bits per heavy atom. The van der Waals surface area contributed by atoms with Crippen molar-refractivity contribution in [3.63, 3.8) is 0 Å². The highest BCUT2D eigenvalue weighted by atomic mass is 16.1. The molecule has 0 amide bonds. The Bertz CT molecular complexity index is 472. The van der Waals surface area contributed by atoms with Crippen LogP contribution in [-0.2, 0) is 0 Å². The number of carbonyl (C=O) groups is 1. The molecule has 1 heterocycles. The molecule has 1 atom stereocenters.